The third kappa shape index (κ3) is 9.47. The number of aromatic hydroxyl groups is 1. The second-order valence-electron chi connectivity index (χ2n) is 12.3. The van der Waals surface area contributed by atoms with Gasteiger partial charge in [-0.15, -0.1) is 0 Å². The molecular weight excluding hydrogens is 635 g/mol. The Hall–Kier alpha value is -3.60. The molecule has 2 aromatic rings. The third-order valence-electron chi connectivity index (χ3n) is 8.00. The molecule has 10 nitrogen and oxygen atoms in total. The Morgan fingerprint density at radius 2 is 1.65 bits per heavy atom. The molecule has 248 valence electrons. The average Bonchev–Trinajstić information content (AvgIpc) is 3.81. The number of ether oxygens (including phenoxy) is 3. The Kier molecular flexibility index (Phi) is 12.1. The normalized spacial score (nSPS) is 27.6. The lowest BCUT2D eigenvalue weighted by Gasteiger charge is -2.27. The van der Waals surface area contributed by atoms with Crippen LogP contribution in [0.5, 0.6) is 5.75 Å². The average molecular weight is 676 g/mol. The molecule has 0 saturated carbocycles. The van der Waals surface area contributed by atoms with Crippen LogP contribution in [0, 0.1) is 17.8 Å². The number of phenolic OH excluding ortho intramolecular Hbond substituents is 1. The molecule has 12 heteroatoms. The summed E-state index contributed by atoms with van der Waals surface area (Å²) in [5, 5.41) is 15.3. The van der Waals surface area contributed by atoms with Crippen LogP contribution in [0.25, 0.3) is 0 Å². The van der Waals surface area contributed by atoms with Gasteiger partial charge in [0.15, 0.2) is 11.9 Å². The smallest absolute Gasteiger partial charge is 0.347 e. The molecule has 2 aromatic carbocycles. The second-order valence-corrected chi connectivity index (χ2v) is 13.1. The lowest BCUT2D eigenvalue weighted by Crippen LogP contribution is -2.49. The van der Waals surface area contributed by atoms with Gasteiger partial charge in [-0.2, -0.15) is 0 Å². The van der Waals surface area contributed by atoms with E-state index in [0.29, 0.717) is 5.56 Å². The number of hydrogen-bond donors (Lipinski definition) is 3. The van der Waals surface area contributed by atoms with E-state index in [9.17, 15) is 24.3 Å². The molecular formula is C34H40Cl2N2O8. The maximum Gasteiger partial charge on any atom is 0.347 e. The minimum Gasteiger partial charge on any atom is -0.505 e. The van der Waals surface area contributed by atoms with Gasteiger partial charge in [-0.05, 0) is 41.7 Å². The lowest BCUT2D eigenvalue weighted by atomic mass is 9.93. The van der Waals surface area contributed by atoms with Gasteiger partial charge in [-0.3, -0.25) is 14.4 Å². The van der Waals surface area contributed by atoms with E-state index in [1.54, 1.807) is 13.0 Å². The van der Waals surface area contributed by atoms with Crippen molar-refractivity contribution in [2.24, 2.45) is 17.8 Å². The van der Waals surface area contributed by atoms with E-state index in [-0.39, 0.29) is 65.6 Å². The monoisotopic (exact) mass is 674 g/mol. The molecule has 2 amide bonds. The quantitative estimate of drug-likeness (QED) is 0.272. The highest BCUT2D eigenvalue weighted by atomic mass is 35.5. The SMILES string of the molecule is CC(C)C[C@@H]1OC(=O)[C@H](C)CNC(=O)C(Cc2cc(Cl)c(O)c(Cl)c2)NC(=O)/C=C/CC([C@H](C)[C@H]2O[C@@H]2c2ccccc2)OC1=O. The maximum absolute atomic E-state index is 13.5. The zero-order chi connectivity index (χ0) is 33.5. The Labute approximate surface area is 278 Å². The lowest BCUT2D eigenvalue weighted by molar-refractivity contribution is -0.176. The van der Waals surface area contributed by atoms with Crippen molar-refractivity contribution < 1.29 is 38.5 Å². The van der Waals surface area contributed by atoms with E-state index < -0.39 is 47.9 Å². The third-order valence-corrected chi connectivity index (χ3v) is 8.58. The summed E-state index contributed by atoms with van der Waals surface area (Å²) in [6.07, 6.45) is 1.03. The molecule has 2 unspecified atom stereocenters. The van der Waals surface area contributed by atoms with Gasteiger partial charge in [0, 0.05) is 25.3 Å². The molecule has 0 radical (unpaired) electrons. The summed E-state index contributed by atoms with van der Waals surface area (Å²) >= 11 is 12.2. The van der Waals surface area contributed by atoms with Crippen LogP contribution < -0.4 is 10.6 Å². The van der Waals surface area contributed by atoms with E-state index in [4.69, 9.17) is 37.4 Å². The fraction of sp³-hybridized carbons (Fsp3) is 0.471. The van der Waals surface area contributed by atoms with Gasteiger partial charge in [0.1, 0.15) is 18.2 Å². The van der Waals surface area contributed by atoms with Gasteiger partial charge >= 0.3 is 11.9 Å². The summed E-state index contributed by atoms with van der Waals surface area (Å²) in [6, 6.07) is 11.6. The molecule has 0 bridgehead atoms. The van der Waals surface area contributed by atoms with Crippen molar-refractivity contribution >= 4 is 47.0 Å². The number of hydrogen-bond acceptors (Lipinski definition) is 8. The molecule has 0 aromatic heterocycles. The summed E-state index contributed by atoms with van der Waals surface area (Å²) in [7, 11) is 0. The summed E-state index contributed by atoms with van der Waals surface area (Å²) in [5.41, 5.74) is 1.50. The Morgan fingerprint density at radius 1 is 0.978 bits per heavy atom. The fourth-order valence-electron chi connectivity index (χ4n) is 5.29. The van der Waals surface area contributed by atoms with Gasteiger partial charge in [-0.25, -0.2) is 4.79 Å². The zero-order valence-electron chi connectivity index (χ0n) is 26.2. The van der Waals surface area contributed by atoms with Crippen molar-refractivity contribution in [1.29, 1.82) is 0 Å². The minimum atomic E-state index is -1.15. The molecule has 2 aliphatic heterocycles. The largest absolute Gasteiger partial charge is 0.505 e. The summed E-state index contributed by atoms with van der Waals surface area (Å²) in [4.78, 5) is 52.9. The molecule has 1 fully saturated rings. The highest BCUT2D eigenvalue weighted by molar-refractivity contribution is 6.37. The highest BCUT2D eigenvalue weighted by Crippen LogP contribution is 2.45. The van der Waals surface area contributed by atoms with Crippen LogP contribution in [0.3, 0.4) is 0 Å². The standard InChI is InChI=1S/C34H40Cl2N2O8/c1-18(2)13-27-34(43)44-26(20(4)30-31(46-30)22-9-6-5-7-10-22)11-8-12-28(39)38-25(32(41)37-17-19(3)33(42)45-27)16-21-14-23(35)29(40)24(36)15-21/h5-10,12,14-15,18-20,25-27,30-31,40H,11,13,16-17H2,1-4H3,(H,37,41)(H,38,39)/b12-8+/t19-,20+,25?,26?,27+,30-,31-/m1/s1. The first-order valence-corrected chi connectivity index (χ1v) is 16.1. The molecule has 1 saturated heterocycles. The molecule has 46 heavy (non-hydrogen) atoms. The zero-order valence-corrected chi connectivity index (χ0v) is 27.7. The van der Waals surface area contributed by atoms with Crippen LogP contribution in [0.4, 0.5) is 0 Å². The Balaban J connectivity index is 1.59. The van der Waals surface area contributed by atoms with Crippen LogP contribution >= 0.6 is 23.2 Å². The number of epoxide rings is 1. The van der Waals surface area contributed by atoms with E-state index in [2.05, 4.69) is 10.6 Å². The van der Waals surface area contributed by atoms with E-state index in [0.717, 1.165) is 5.56 Å². The van der Waals surface area contributed by atoms with Crippen LogP contribution in [-0.4, -0.2) is 59.8 Å². The number of rotatable bonds is 7. The number of nitrogens with one attached hydrogen (secondary N) is 2. The predicted octanol–water partition coefficient (Wildman–Crippen LogP) is 5.08. The molecule has 2 heterocycles. The van der Waals surface area contributed by atoms with Crippen LogP contribution in [-0.2, 0) is 39.8 Å². The molecule has 2 aliphatic rings. The van der Waals surface area contributed by atoms with Crippen LogP contribution in [0.15, 0.2) is 54.6 Å². The molecule has 0 aliphatic carbocycles. The van der Waals surface area contributed by atoms with Crippen LogP contribution in [0.2, 0.25) is 10.0 Å². The van der Waals surface area contributed by atoms with Crippen molar-refractivity contribution in [3.05, 3.63) is 75.8 Å². The first-order valence-electron chi connectivity index (χ1n) is 15.4. The molecule has 3 N–H and O–H groups in total. The van der Waals surface area contributed by atoms with Crippen molar-refractivity contribution in [2.45, 2.75) is 77.4 Å². The molecule has 0 spiro atoms. The number of benzene rings is 2. The Bertz CT molecular complexity index is 1430. The van der Waals surface area contributed by atoms with Crippen molar-refractivity contribution in [2.75, 3.05) is 6.54 Å². The predicted molar refractivity (Wildman–Crippen MR) is 172 cm³/mol. The van der Waals surface area contributed by atoms with Gasteiger partial charge in [0.05, 0.1) is 22.1 Å². The van der Waals surface area contributed by atoms with Crippen LogP contribution in [0.1, 0.15) is 57.8 Å². The molecule has 4 rings (SSSR count). The first kappa shape index (κ1) is 35.3. The number of carbonyl (C=O) groups is 4. The topological polar surface area (TPSA) is 144 Å². The number of cyclic esters (lactones) is 2. The first-order chi connectivity index (χ1) is 21.8. The van der Waals surface area contributed by atoms with Gasteiger partial charge in [0.25, 0.3) is 0 Å². The van der Waals surface area contributed by atoms with Crippen molar-refractivity contribution in [1.82, 2.24) is 10.6 Å². The fourth-order valence-corrected chi connectivity index (χ4v) is 5.82. The van der Waals surface area contributed by atoms with Crippen molar-refractivity contribution in [3.63, 3.8) is 0 Å². The maximum atomic E-state index is 13.5. The van der Waals surface area contributed by atoms with Gasteiger partial charge < -0.3 is 30.0 Å². The summed E-state index contributed by atoms with van der Waals surface area (Å²) < 4.78 is 17.6. The summed E-state index contributed by atoms with van der Waals surface area (Å²) in [5.74, 6) is -3.82. The van der Waals surface area contributed by atoms with E-state index >= 15 is 0 Å². The van der Waals surface area contributed by atoms with E-state index in [1.165, 1.54) is 18.2 Å². The number of carbonyl (C=O) groups excluding carboxylic acids is 4. The second kappa shape index (κ2) is 15.8. The molecule has 7 atom stereocenters. The van der Waals surface area contributed by atoms with Crippen molar-refractivity contribution in [3.8, 4) is 5.75 Å². The van der Waals surface area contributed by atoms with E-state index in [1.807, 2.05) is 51.1 Å². The minimum absolute atomic E-state index is 0.00138. The Morgan fingerprint density at radius 3 is 2.30 bits per heavy atom. The van der Waals surface area contributed by atoms with Gasteiger partial charge in [0.2, 0.25) is 11.8 Å². The highest BCUT2D eigenvalue weighted by Gasteiger charge is 2.47. The van der Waals surface area contributed by atoms with Gasteiger partial charge in [-0.1, -0.05) is 87.3 Å². The number of esters is 2. The number of phenols is 1. The summed E-state index contributed by atoms with van der Waals surface area (Å²) in [6.45, 7) is 7.18. The number of halogens is 2. The number of amides is 2.